The van der Waals surface area contributed by atoms with Gasteiger partial charge < -0.3 is 20.5 Å². The number of pyridine rings is 1. The largest absolute Gasteiger partial charge is 0.444 e. The molecule has 0 aliphatic carbocycles. The van der Waals surface area contributed by atoms with Crippen molar-refractivity contribution in [3.05, 3.63) is 65.5 Å². The highest BCUT2D eigenvalue weighted by Gasteiger charge is 2.32. The van der Waals surface area contributed by atoms with E-state index in [-0.39, 0.29) is 13.1 Å². The molecule has 6 nitrogen and oxygen atoms in total. The molecule has 170 valence electrons. The summed E-state index contributed by atoms with van der Waals surface area (Å²) in [4.78, 5) is 15.6. The van der Waals surface area contributed by atoms with Gasteiger partial charge in [0, 0.05) is 19.3 Å². The van der Waals surface area contributed by atoms with Crippen LogP contribution in [0.25, 0.3) is 0 Å². The molecule has 1 aromatic heterocycles. The Labute approximate surface area is 179 Å². The lowest BCUT2D eigenvalue weighted by atomic mass is 10.0. The molecule has 2 rings (SSSR count). The van der Waals surface area contributed by atoms with Crippen molar-refractivity contribution in [2.24, 2.45) is 0 Å². The van der Waals surface area contributed by atoms with E-state index < -0.39 is 35.7 Å². The Bertz CT molecular complexity index is 822. The number of hydrogen-bond donors (Lipinski definition) is 3. The van der Waals surface area contributed by atoms with Crippen LogP contribution in [0.2, 0.25) is 0 Å². The second kappa shape index (κ2) is 10.6. The van der Waals surface area contributed by atoms with Crippen LogP contribution in [0.4, 0.5) is 18.0 Å². The number of aromatic nitrogens is 1. The summed E-state index contributed by atoms with van der Waals surface area (Å²) < 4.78 is 43.1. The van der Waals surface area contributed by atoms with E-state index in [0.29, 0.717) is 12.0 Å². The van der Waals surface area contributed by atoms with Crippen LogP contribution < -0.4 is 10.6 Å². The number of nitrogens with zero attached hydrogens (tertiary/aromatic N) is 1. The summed E-state index contributed by atoms with van der Waals surface area (Å²) in [5.41, 5.74) is -0.171. The van der Waals surface area contributed by atoms with Crippen molar-refractivity contribution in [1.29, 1.82) is 0 Å². The van der Waals surface area contributed by atoms with Gasteiger partial charge in [-0.3, -0.25) is 4.98 Å². The van der Waals surface area contributed by atoms with Crippen LogP contribution in [0.3, 0.4) is 0 Å². The van der Waals surface area contributed by atoms with Crippen molar-refractivity contribution in [2.45, 2.75) is 57.7 Å². The zero-order valence-electron chi connectivity index (χ0n) is 17.7. The first-order chi connectivity index (χ1) is 14.4. The Balaban J connectivity index is 1.96. The molecule has 9 heteroatoms. The lowest BCUT2D eigenvalue weighted by molar-refractivity contribution is -0.141. The lowest BCUT2D eigenvalue weighted by Crippen LogP contribution is -2.49. The quantitative estimate of drug-likeness (QED) is 0.584. The summed E-state index contributed by atoms with van der Waals surface area (Å²) >= 11 is 0. The number of alkyl carbamates (subject to hydrolysis) is 1. The molecule has 31 heavy (non-hydrogen) atoms. The van der Waals surface area contributed by atoms with Crippen molar-refractivity contribution in [3.8, 4) is 0 Å². The van der Waals surface area contributed by atoms with E-state index in [4.69, 9.17) is 4.74 Å². The average molecular weight is 439 g/mol. The van der Waals surface area contributed by atoms with Gasteiger partial charge >= 0.3 is 12.3 Å². The SMILES string of the molecule is CC(C)(C)OC(=O)NC(Cc1ccccc1)C(O)CNCc1ccc(C(F)(F)F)nc1. The van der Waals surface area contributed by atoms with Gasteiger partial charge in [-0.2, -0.15) is 13.2 Å². The number of halogens is 3. The number of ether oxygens (including phenoxy) is 1. The highest BCUT2D eigenvalue weighted by molar-refractivity contribution is 5.68. The van der Waals surface area contributed by atoms with Gasteiger partial charge in [-0.15, -0.1) is 0 Å². The maximum atomic E-state index is 12.6. The first-order valence-corrected chi connectivity index (χ1v) is 9.88. The highest BCUT2D eigenvalue weighted by atomic mass is 19.4. The van der Waals surface area contributed by atoms with E-state index >= 15 is 0 Å². The molecule has 0 aliphatic rings. The Hall–Kier alpha value is -2.65. The summed E-state index contributed by atoms with van der Waals surface area (Å²) in [6, 6.07) is 11.0. The lowest BCUT2D eigenvalue weighted by Gasteiger charge is -2.27. The number of hydrogen-bond acceptors (Lipinski definition) is 5. The number of alkyl halides is 3. The van der Waals surface area contributed by atoms with Gasteiger partial charge in [-0.1, -0.05) is 36.4 Å². The Morgan fingerprint density at radius 3 is 2.32 bits per heavy atom. The van der Waals surface area contributed by atoms with Crippen LogP contribution in [0, 0.1) is 0 Å². The Morgan fingerprint density at radius 1 is 1.10 bits per heavy atom. The first kappa shape index (κ1) is 24.6. The molecule has 2 unspecified atom stereocenters. The third kappa shape index (κ3) is 8.94. The van der Waals surface area contributed by atoms with E-state index in [1.807, 2.05) is 30.3 Å². The van der Waals surface area contributed by atoms with Gasteiger partial charge in [-0.25, -0.2) is 4.79 Å². The summed E-state index contributed by atoms with van der Waals surface area (Å²) in [6.07, 6.45) is -4.57. The van der Waals surface area contributed by atoms with Crippen molar-refractivity contribution in [2.75, 3.05) is 6.54 Å². The zero-order chi connectivity index (χ0) is 23.1. The number of carbonyl (C=O) groups is 1. The van der Waals surface area contributed by atoms with E-state index in [9.17, 15) is 23.1 Å². The van der Waals surface area contributed by atoms with Crippen molar-refractivity contribution < 1.29 is 27.8 Å². The number of benzene rings is 1. The van der Waals surface area contributed by atoms with Gasteiger partial charge in [0.15, 0.2) is 0 Å². The topological polar surface area (TPSA) is 83.5 Å². The van der Waals surface area contributed by atoms with Crippen molar-refractivity contribution in [3.63, 3.8) is 0 Å². The number of carbonyl (C=O) groups excluding carboxylic acids is 1. The maximum Gasteiger partial charge on any atom is 0.433 e. The molecule has 2 atom stereocenters. The summed E-state index contributed by atoms with van der Waals surface area (Å²) in [6.45, 7) is 5.56. The average Bonchev–Trinajstić information content (AvgIpc) is 2.66. The van der Waals surface area contributed by atoms with Gasteiger partial charge in [0.2, 0.25) is 0 Å². The third-order valence-corrected chi connectivity index (χ3v) is 4.26. The van der Waals surface area contributed by atoms with Crippen LogP contribution in [-0.2, 0) is 23.9 Å². The normalized spacial score (nSPS) is 14.0. The van der Waals surface area contributed by atoms with E-state index in [2.05, 4.69) is 15.6 Å². The molecule has 1 amide bonds. The van der Waals surface area contributed by atoms with Gasteiger partial charge in [0.25, 0.3) is 0 Å². The van der Waals surface area contributed by atoms with Crippen molar-refractivity contribution >= 4 is 6.09 Å². The molecule has 0 aliphatic heterocycles. The highest BCUT2D eigenvalue weighted by Crippen LogP contribution is 2.27. The predicted molar refractivity (Wildman–Crippen MR) is 110 cm³/mol. The summed E-state index contributed by atoms with van der Waals surface area (Å²) in [5, 5.41) is 16.3. The van der Waals surface area contributed by atoms with Crippen LogP contribution in [-0.4, -0.2) is 40.5 Å². The molecule has 1 aromatic carbocycles. The zero-order valence-corrected chi connectivity index (χ0v) is 17.7. The van der Waals surface area contributed by atoms with Crippen LogP contribution in [0.1, 0.15) is 37.6 Å². The standard InChI is InChI=1S/C22H28F3N3O3/c1-21(2,3)31-20(30)28-17(11-15-7-5-4-6-8-15)18(29)14-26-12-16-9-10-19(27-13-16)22(23,24)25/h4-10,13,17-18,26,29H,11-12,14H2,1-3H3,(H,28,30). The number of amides is 1. The molecule has 0 radical (unpaired) electrons. The van der Waals surface area contributed by atoms with Crippen LogP contribution in [0.5, 0.6) is 0 Å². The smallest absolute Gasteiger partial charge is 0.433 e. The molecule has 0 fully saturated rings. The molecule has 3 N–H and O–H groups in total. The van der Waals surface area contributed by atoms with E-state index in [1.165, 1.54) is 6.07 Å². The minimum absolute atomic E-state index is 0.105. The van der Waals surface area contributed by atoms with E-state index in [0.717, 1.165) is 17.8 Å². The number of aliphatic hydroxyl groups excluding tert-OH is 1. The number of nitrogens with one attached hydrogen (secondary N) is 2. The fraction of sp³-hybridized carbons (Fsp3) is 0.455. The summed E-state index contributed by atoms with van der Waals surface area (Å²) in [5.74, 6) is 0. The molecule has 1 heterocycles. The fourth-order valence-corrected chi connectivity index (χ4v) is 2.81. The fourth-order valence-electron chi connectivity index (χ4n) is 2.81. The van der Waals surface area contributed by atoms with Gasteiger partial charge in [0.05, 0.1) is 12.1 Å². The monoisotopic (exact) mass is 439 g/mol. The minimum atomic E-state index is -4.49. The molecule has 0 saturated heterocycles. The minimum Gasteiger partial charge on any atom is -0.444 e. The Morgan fingerprint density at radius 2 is 1.77 bits per heavy atom. The molecule has 2 aromatic rings. The molecule has 0 bridgehead atoms. The predicted octanol–water partition coefficient (Wildman–Crippen LogP) is 3.69. The second-order valence-electron chi connectivity index (χ2n) is 8.19. The van der Waals surface area contributed by atoms with Crippen molar-refractivity contribution in [1.82, 2.24) is 15.6 Å². The molecule has 0 spiro atoms. The Kier molecular flexibility index (Phi) is 8.41. The molecule has 0 saturated carbocycles. The molecular formula is C22H28F3N3O3. The van der Waals surface area contributed by atoms with E-state index in [1.54, 1.807) is 20.8 Å². The number of rotatable bonds is 8. The van der Waals surface area contributed by atoms with Crippen LogP contribution >= 0.6 is 0 Å². The third-order valence-electron chi connectivity index (χ3n) is 4.26. The maximum absolute atomic E-state index is 12.6. The molecular weight excluding hydrogens is 411 g/mol. The second-order valence-corrected chi connectivity index (χ2v) is 8.19. The van der Waals surface area contributed by atoms with Crippen LogP contribution in [0.15, 0.2) is 48.7 Å². The van der Waals surface area contributed by atoms with Gasteiger partial charge in [-0.05, 0) is 44.4 Å². The van der Waals surface area contributed by atoms with Gasteiger partial charge in [0.1, 0.15) is 11.3 Å². The first-order valence-electron chi connectivity index (χ1n) is 9.88. The summed E-state index contributed by atoms with van der Waals surface area (Å²) in [7, 11) is 0. The number of aliphatic hydroxyl groups is 1.